The molecule has 0 saturated carbocycles. The van der Waals surface area contributed by atoms with Gasteiger partial charge in [0.05, 0.1) is 11.4 Å². The van der Waals surface area contributed by atoms with E-state index in [2.05, 4.69) is 56.2 Å². The molecule has 0 saturated heterocycles. The van der Waals surface area contributed by atoms with Crippen LogP contribution in [0.25, 0.3) is 0 Å². The topological polar surface area (TPSA) is 3.24 Å². The van der Waals surface area contributed by atoms with Gasteiger partial charge in [-0.25, -0.2) is 0 Å². The van der Waals surface area contributed by atoms with Gasteiger partial charge in [0.25, 0.3) is 0 Å². The number of fused-ring (bicyclic) bond motifs is 1. The predicted octanol–water partition coefficient (Wildman–Crippen LogP) is 4.59. The summed E-state index contributed by atoms with van der Waals surface area (Å²) in [6.45, 7) is 12.2. The van der Waals surface area contributed by atoms with Gasteiger partial charge in [0.15, 0.2) is 0 Å². The van der Waals surface area contributed by atoms with E-state index in [0.717, 1.165) is 5.70 Å². The molecular formula is C15H17NS. The van der Waals surface area contributed by atoms with Crippen LogP contribution >= 0.6 is 11.8 Å². The largest absolute Gasteiger partial charge is 0.337 e. The van der Waals surface area contributed by atoms with Crippen molar-refractivity contribution in [1.82, 2.24) is 0 Å². The van der Waals surface area contributed by atoms with Crippen LogP contribution in [0.3, 0.4) is 0 Å². The maximum atomic E-state index is 3.93. The third kappa shape index (κ3) is 2.05. The number of anilines is 1. The molecule has 0 unspecified atom stereocenters. The van der Waals surface area contributed by atoms with Crippen molar-refractivity contribution in [3.63, 3.8) is 0 Å². The molecule has 1 aromatic carbocycles. The number of nitrogens with zero attached hydrogens (tertiary/aromatic N) is 1. The molecule has 0 atom stereocenters. The fourth-order valence-corrected chi connectivity index (χ4v) is 3.09. The molecule has 1 nitrogen and oxygen atoms in total. The maximum absolute atomic E-state index is 3.93. The zero-order valence-corrected chi connectivity index (χ0v) is 11.1. The van der Waals surface area contributed by atoms with Crippen molar-refractivity contribution in [3.8, 4) is 0 Å². The molecule has 1 heterocycles. The van der Waals surface area contributed by atoms with Gasteiger partial charge in [-0.15, -0.1) is 0 Å². The Kier molecular flexibility index (Phi) is 3.43. The smallest absolute Gasteiger partial charge is 0.0555 e. The number of thioether (sulfide) groups is 1. The fourth-order valence-electron chi connectivity index (χ4n) is 2.06. The molecular weight excluding hydrogens is 226 g/mol. The average molecular weight is 243 g/mol. The molecule has 0 bridgehead atoms. The first-order chi connectivity index (χ1) is 8.19. The second kappa shape index (κ2) is 4.84. The molecule has 0 aromatic heterocycles. The first kappa shape index (κ1) is 12.1. The van der Waals surface area contributed by atoms with Crippen LogP contribution in [-0.2, 0) is 0 Å². The number of hydrogen-bond acceptors (Lipinski definition) is 2. The zero-order valence-electron chi connectivity index (χ0n) is 10.3. The lowest BCUT2D eigenvalue weighted by Crippen LogP contribution is -2.31. The lowest BCUT2D eigenvalue weighted by molar-refractivity contribution is 0.755. The highest BCUT2D eigenvalue weighted by Gasteiger charge is 2.24. The Morgan fingerprint density at radius 2 is 1.88 bits per heavy atom. The van der Waals surface area contributed by atoms with Gasteiger partial charge in [0.1, 0.15) is 0 Å². The number of para-hydroxylation sites is 1. The van der Waals surface area contributed by atoms with Gasteiger partial charge in [-0.05, 0) is 32.1 Å². The lowest BCUT2D eigenvalue weighted by Gasteiger charge is -2.36. The molecule has 0 N–H and O–H groups in total. The average Bonchev–Trinajstić information content (AvgIpc) is 2.35. The third-order valence-corrected chi connectivity index (χ3v) is 3.91. The monoisotopic (exact) mass is 243 g/mol. The summed E-state index contributed by atoms with van der Waals surface area (Å²) in [6.07, 6.45) is 3.83. The molecule has 0 aliphatic carbocycles. The van der Waals surface area contributed by atoms with Gasteiger partial charge < -0.3 is 4.90 Å². The summed E-state index contributed by atoms with van der Waals surface area (Å²) in [5, 5.41) is 0. The SMILES string of the molecule is C=CC1=C(C=C)N(C(C)C)c2ccccc2S1. The minimum Gasteiger partial charge on any atom is -0.337 e. The first-order valence-corrected chi connectivity index (χ1v) is 6.56. The molecule has 1 aliphatic rings. The predicted molar refractivity (Wildman–Crippen MR) is 77.3 cm³/mol. The summed E-state index contributed by atoms with van der Waals surface area (Å²) in [4.78, 5) is 4.77. The van der Waals surface area contributed by atoms with E-state index in [0.29, 0.717) is 6.04 Å². The van der Waals surface area contributed by atoms with Crippen LogP contribution in [0.4, 0.5) is 5.69 Å². The lowest BCUT2D eigenvalue weighted by atomic mass is 10.2. The van der Waals surface area contributed by atoms with Gasteiger partial charge in [0, 0.05) is 15.8 Å². The van der Waals surface area contributed by atoms with Crippen LogP contribution in [0.15, 0.2) is 65.1 Å². The minimum absolute atomic E-state index is 0.403. The maximum Gasteiger partial charge on any atom is 0.0555 e. The highest BCUT2D eigenvalue weighted by Crippen LogP contribution is 2.44. The van der Waals surface area contributed by atoms with Gasteiger partial charge in [0.2, 0.25) is 0 Å². The normalized spacial score (nSPS) is 14.9. The Bertz CT molecular complexity index is 485. The standard InChI is InChI=1S/C15H17NS/c1-5-12-14(6-2)17-15-10-8-7-9-13(15)16(12)11(3)4/h5-11H,1-2H2,3-4H3. The molecule has 2 rings (SSSR count). The quantitative estimate of drug-likeness (QED) is 0.764. The van der Waals surface area contributed by atoms with Crippen molar-refractivity contribution in [3.05, 3.63) is 60.2 Å². The molecule has 17 heavy (non-hydrogen) atoms. The fraction of sp³-hybridized carbons (Fsp3) is 0.200. The van der Waals surface area contributed by atoms with Crippen molar-refractivity contribution < 1.29 is 0 Å². The van der Waals surface area contributed by atoms with Gasteiger partial charge in [-0.3, -0.25) is 0 Å². The Balaban J connectivity index is 2.61. The van der Waals surface area contributed by atoms with Crippen molar-refractivity contribution >= 4 is 17.4 Å². The molecule has 0 amide bonds. The van der Waals surface area contributed by atoms with Crippen LogP contribution in [-0.4, -0.2) is 6.04 Å². The van der Waals surface area contributed by atoms with E-state index in [-0.39, 0.29) is 0 Å². The second-order valence-corrected chi connectivity index (χ2v) is 5.28. The molecule has 1 aromatic rings. The number of benzene rings is 1. The van der Waals surface area contributed by atoms with Crippen LogP contribution < -0.4 is 4.90 Å². The van der Waals surface area contributed by atoms with Crippen molar-refractivity contribution in [1.29, 1.82) is 0 Å². The Labute approximate surface area is 108 Å². The molecule has 88 valence electrons. The van der Waals surface area contributed by atoms with E-state index in [9.17, 15) is 0 Å². The van der Waals surface area contributed by atoms with E-state index < -0.39 is 0 Å². The Hall–Kier alpha value is -1.41. The highest BCUT2D eigenvalue weighted by atomic mass is 32.2. The highest BCUT2D eigenvalue weighted by molar-refractivity contribution is 8.03. The second-order valence-electron chi connectivity index (χ2n) is 4.19. The number of allylic oxidation sites excluding steroid dienone is 2. The number of hydrogen-bond donors (Lipinski definition) is 0. The summed E-state index contributed by atoms with van der Waals surface area (Å²) < 4.78 is 0. The van der Waals surface area contributed by atoms with E-state index >= 15 is 0 Å². The Morgan fingerprint density at radius 3 is 2.47 bits per heavy atom. The summed E-state index contributed by atoms with van der Waals surface area (Å²) >= 11 is 1.76. The van der Waals surface area contributed by atoms with E-state index in [1.807, 2.05) is 12.2 Å². The van der Waals surface area contributed by atoms with Gasteiger partial charge in [-0.1, -0.05) is 43.1 Å². The Morgan fingerprint density at radius 1 is 1.18 bits per heavy atom. The number of rotatable bonds is 3. The zero-order chi connectivity index (χ0) is 12.4. The summed E-state index contributed by atoms with van der Waals surface area (Å²) in [6, 6.07) is 8.86. The summed E-state index contributed by atoms with van der Waals surface area (Å²) in [5.41, 5.74) is 2.41. The third-order valence-electron chi connectivity index (χ3n) is 2.75. The van der Waals surface area contributed by atoms with Gasteiger partial charge >= 0.3 is 0 Å². The molecule has 0 radical (unpaired) electrons. The molecule has 2 heteroatoms. The van der Waals surface area contributed by atoms with Gasteiger partial charge in [-0.2, -0.15) is 0 Å². The van der Waals surface area contributed by atoms with E-state index in [4.69, 9.17) is 0 Å². The molecule has 0 spiro atoms. The summed E-state index contributed by atoms with van der Waals surface area (Å²) in [7, 11) is 0. The van der Waals surface area contributed by atoms with Crippen molar-refractivity contribution in [2.75, 3.05) is 4.90 Å². The van der Waals surface area contributed by atoms with Crippen LogP contribution in [0, 0.1) is 0 Å². The van der Waals surface area contributed by atoms with Crippen LogP contribution in [0.1, 0.15) is 13.8 Å². The summed E-state index contributed by atoms with van der Waals surface area (Å²) in [5.74, 6) is 0. The van der Waals surface area contributed by atoms with Crippen molar-refractivity contribution in [2.24, 2.45) is 0 Å². The van der Waals surface area contributed by atoms with E-state index in [1.165, 1.54) is 15.5 Å². The minimum atomic E-state index is 0.403. The van der Waals surface area contributed by atoms with Crippen molar-refractivity contribution in [2.45, 2.75) is 24.8 Å². The first-order valence-electron chi connectivity index (χ1n) is 5.74. The molecule has 1 aliphatic heterocycles. The van der Waals surface area contributed by atoms with E-state index in [1.54, 1.807) is 11.8 Å². The molecule has 0 fully saturated rings. The van der Waals surface area contributed by atoms with Crippen LogP contribution in [0.2, 0.25) is 0 Å². The van der Waals surface area contributed by atoms with Crippen LogP contribution in [0.5, 0.6) is 0 Å².